The molecular formula is C9H7S2. The molecule has 0 aliphatic rings. The van der Waals surface area contributed by atoms with Crippen molar-refractivity contribution in [3.8, 4) is 10.4 Å². The first-order chi connectivity index (χ1) is 5.38. The van der Waals surface area contributed by atoms with Crippen LogP contribution >= 0.6 is 22.7 Å². The molecule has 1 radical (unpaired) electrons. The maximum Gasteiger partial charge on any atom is 0.0535 e. The molecule has 0 saturated heterocycles. The fourth-order valence-corrected chi connectivity index (χ4v) is 2.55. The average Bonchev–Trinajstić information content (AvgIpc) is 2.55. The second-order valence-corrected chi connectivity index (χ2v) is 4.00. The summed E-state index contributed by atoms with van der Waals surface area (Å²) in [4.78, 5) is 1.35. The zero-order chi connectivity index (χ0) is 7.68. The van der Waals surface area contributed by atoms with E-state index in [1.54, 1.807) is 22.7 Å². The van der Waals surface area contributed by atoms with Gasteiger partial charge in [0, 0.05) is 10.4 Å². The SMILES string of the molecule is Cc1ccsc1-c1[c]scc1. The molecule has 0 unspecified atom stereocenters. The van der Waals surface area contributed by atoms with Crippen molar-refractivity contribution in [2.24, 2.45) is 0 Å². The van der Waals surface area contributed by atoms with Crippen LogP contribution in [0.3, 0.4) is 0 Å². The van der Waals surface area contributed by atoms with Crippen molar-refractivity contribution in [1.29, 1.82) is 0 Å². The third-order valence-corrected chi connectivity index (χ3v) is 3.24. The maximum atomic E-state index is 3.23. The molecule has 0 aromatic carbocycles. The summed E-state index contributed by atoms with van der Waals surface area (Å²) in [6, 6.07) is 4.26. The van der Waals surface area contributed by atoms with E-state index in [4.69, 9.17) is 0 Å². The van der Waals surface area contributed by atoms with Gasteiger partial charge in [-0.05, 0) is 35.4 Å². The molecular weight excluding hydrogens is 172 g/mol. The molecule has 0 fully saturated rings. The zero-order valence-corrected chi connectivity index (χ0v) is 7.76. The van der Waals surface area contributed by atoms with E-state index >= 15 is 0 Å². The number of thiophene rings is 2. The van der Waals surface area contributed by atoms with Gasteiger partial charge in [0.25, 0.3) is 0 Å². The summed E-state index contributed by atoms with van der Waals surface area (Å²) < 4.78 is 0. The minimum Gasteiger partial charge on any atom is -0.143 e. The van der Waals surface area contributed by atoms with Gasteiger partial charge in [0.15, 0.2) is 0 Å². The second kappa shape index (κ2) is 2.80. The van der Waals surface area contributed by atoms with Crippen LogP contribution in [0.4, 0.5) is 0 Å². The van der Waals surface area contributed by atoms with Crippen molar-refractivity contribution in [2.75, 3.05) is 0 Å². The van der Waals surface area contributed by atoms with Crippen LogP contribution in [-0.2, 0) is 0 Å². The van der Waals surface area contributed by atoms with E-state index in [2.05, 4.69) is 35.2 Å². The molecule has 0 nitrogen and oxygen atoms in total. The monoisotopic (exact) mass is 179 g/mol. The lowest BCUT2D eigenvalue weighted by atomic mass is 10.2. The van der Waals surface area contributed by atoms with Gasteiger partial charge in [-0.3, -0.25) is 0 Å². The molecule has 0 bridgehead atoms. The van der Waals surface area contributed by atoms with Crippen molar-refractivity contribution in [3.63, 3.8) is 0 Å². The summed E-state index contributed by atoms with van der Waals surface area (Å²) in [6.07, 6.45) is 0. The summed E-state index contributed by atoms with van der Waals surface area (Å²) in [5, 5.41) is 7.42. The van der Waals surface area contributed by atoms with Crippen molar-refractivity contribution in [1.82, 2.24) is 0 Å². The van der Waals surface area contributed by atoms with Crippen molar-refractivity contribution < 1.29 is 0 Å². The Labute approximate surface area is 74.1 Å². The van der Waals surface area contributed by atoms with Gasteiger partial charge in [-0.25, -0.2) is 0 Å². The largest absolute Gasteiger partial charge is 0.143 e. The van der Waals surface area contributed by atoms with Crippen LogP contribution in [0.2, 0.25) is 0 Å². The number of hydrogen-bond acceptors (Lipinski definition) is 2. The third-order valence-electron chi connectivity index (χ3n) is 1.58. The smallest absolute Gasteiger partial charge is 0.0535 e. The van der Waals surface area contributed by atoms with Crippen LogP contribution in [-0.4, -0.2) is 0 Å². The Balaban J connectivity index is 2.53. The van der Waals surface area contributed by atoms with E-state index in [0.717, 1.165) is 0 Å². The predicted octanol–water partition coefficient (Wildman–Crippen LogP) is 3.59. The van der Waals surface area contributed by atoms with Gasteiger partial charge in [-0.2, -0.15) is 0 Å². The summed E-state index contributed by atoms with van der Waals surface area (Å²) in [6.45, 7) is 2.14. The molecule has 0 amide bonds. The lowest BCUT2D eigenvalue weighted by molar-refractivity contribution is 1.55. The lowest BCUT2D eigenvalue weighted by Crippen LogP contribution is -1.68. The van der Waals surface area contributed by atoms with Gasteiger partial charge in [-0.15, -0.1) is 22.7 Å². The number of hydrogen-bond donors (Lipinski definition) is 0. The summed E-state index contributed by atoms with van der Waals surface area (Å²) >= 11 is 3.41. The van der Waals surface area contributed by atoms with Gasteiger partial charge in [0.05, 0.1) is 5.38 Å². The highest BCUT2D eigenvalue weighted by Crippen LogP contribution is 2.29. The molecule has 2 rings (SSSR count). The van der Waals surface area contributed by atoms with E-state index in [1.807, 2.05) is 0 Å². The zero-order valence-electron chi connectivity index (χ0n) is 6.13. The number of aryl methyl sites for hydroxylation is 1. The van der Waals surface area contributed by atoms with Crippen LogP contribution in [0.15, 0.2) is 22.9 Å². The van der Waals surface area contributed by atoms with E-state index in [0.29, 0.717) is 0 Å². The van der Waals surface area contributed by atoms with Crippen LogP contribution in [0.5, 0.6) is 0 Å². The van der Waals surface area contributed by atoms with Crippen molar-refractivity contribution >= 4 is 22.7 Å². The topological polar surface area (TPSA) is 0 Å². The van der Waals surface area contributed by atoms with E-state index < -0.39 is 0 Å². The Bertz CT molecular complexity index is 330. The molecule has 0 spiro atoms. The standard InChI is InChI=1S/C9H7S2/c1-7-2-5-11-9(7)8-3-4-10-6-8/h2-5H,1H3. The quantitative estimate of drug-likeness (QED) is 0.627. The first-order valence-electron chi connectivity index (χ1n) is 3.37. The molecule has 2 heterocycles. The van der Waals surface area contributed by atoms with Crippen LogP contribution in [0.25, 0.3) is 10.4 Å². The fraction of sp³-hybridized carbons (Fsp3) is 0.111. The molecule has 0 atom stereocenters. The normalized spacial score (nSPS) is 10.3. The second-order valence-electron chi connectivity index (χ2n) is 2.37. The van der Waals surface area contributed by atoms with Gasteiger partial charge < -0.3 is 0 Å². The van der Waals surface area contributed by atoms with Gasteiger partial charge in [0.2, 0.25) is 0 Å². The van der Waals surface area contributed by atoms with E-state index in [1.165, 1.54) is 16.0 Å². The van der Waals surface area contributed by atoms with Gasteiger partial charge in [-0.1, -0.05) is 0 Å². The summed E-state index contributed by atoms with van der Waals surface area (Å²) in [7, 11) is 0. The predicted molar refractivity (Wildman–Crippen MR) is 51.2 cm³/mol. The molecule has 55 valence electrons. The molecule has 2 aromatic heterocycles. The van der Waals surface area contributed by atoms with Gasteiger partial charge >= 0.3 is 0 Å². The van der Waals surface area contributed by atoms with Crippen LogP contribution in [0, 0.1) is 12.3 Å². The molecule has 2 heteroatoms. The van der Waals surface area contributed by atoms with E-state index in [9.17, 15) is 0 Å². The minimum atomic E-state index is 1.24. The average molecular weight is 179 g/mol. The summed E-state index contributed by atoms with van der Waals surface area (Å²) in [5.74, 6) is 0. The number of rotatable bonds is 1. The van der Waals surface area contributed by atoms with Crippen LogP contribution in [0.1, 0.15) is 5.56 Å². The Kier molecular flexibility index (Phi) is 1.80. The molecule has 0 N–H and O–H groups in total. The fourth-order valence-electron chi connectivity index (χ4n) is 1.00. The molecule has 0 aliphatic heterocycles. The summed E-state index contributed by atoms with van der Waals surface area (Å²) in [5.41, 5.74) is 2.59. The van der Waals surface area contributed by atoms with Crippen molar-refractivity contribution in [2.45, 2.75) is 6.92 Å². The van der Waals surface area contributed by atoms with Crippen LogP contribution < -0.4 is 0 Å². The minimum absolute atomic E-state index is 1.24. The highest BCUT2D eigenvalue weighted by atomic mass is 32.1. The Morgan fingerprint density at radius 2 is 2.18 bits per heavy atom. The molecule has 0 aliphatic carbocycles. The highest BCUT2D eigenvalue weighted by molar-refractivity contribution is 7.14. The Morgan fingerprint density at radius 1 is 1.27 bits per heavy atom. The molecule has 2 aromatic rings. The Hall–Kier alpha value is -0.600. The first kappa shape index (κ1) is 7.07. The maximum absolute atomic E-state index is 3.23. The third kappa shape index (κ3) is 1.24. The highest BCUT2D eigenvalue weighted by Gasteiger charge is 2.02. The van der Waals surface area contributed by atoms with Gasteiger partial charge in [0.1, 0.15) is 0 Å². The van der Waals surface area contributed by atoms with Crippen molar-refractivity contribution in [3.05, 3.63) is 33.8 Å². The van der Waals surface area contributed by atoms with E-state index in [-0.39, 0.29) is 0 Å². The lowest BCUT2D eigenvalue weighted by Gasteiger charge is -1.91. The molecule has 11 heavy (non-hydrogen) atoms. The first-order valence-corrected chi connectivity index (χ1v) is 5.13. The Morgan fingerprint density at radius 3 is 2.73 bits per heavy atom. The molecule has 0 saturated carbocycles.